The minimum Gasteiger partial charge on any atom is -0.464 e. The summed E-state index contributed by atoms with van der Waals surface area (Å²) in [5.74, 6) is -4.10. The fourth-order valence-electron chi connectivity index (χ4n) is 3.63. The number of aromatic nitrogens is 1. The summed E-state index contributed by atoms with van der Waals surface area (Å²) in [7, 11) is 0. The molecular formula is C23H27N3O10S. The van der Waals surface area contributed by atoms with Crippen LogP contribution in [0.2, 0.25) is 0 Å². The molecule has 3 unspecified atom stereocenters. The molecule has 37 heavy (non-hydrogen) atoms. The van der Waals surface area contributed by atoms with Crippen LogP contribution in [-0.2, 0) is 47.7 Å². The first-order valence-electron chi connectivity index (χ1n) is 11.4. The van der Waals surface area contributed by atoms with Crippen LogP contribution in [0.25, 0.3) is 0 Å². The number of rotatable bonds is 11. The fraction of sp³-hybridized carbons (Fsp3) is 0.478. The Morgan fingerprint density at radius 2 is 1.78 bits per heavy atom. The number of thioether (sulfide) groups is 1. The summed E-state index contributed by atoms with van der Waals surface area (Å²) >= 11 is 1.23. The van der Waals surface area contributed by atoms with E-state index >= 15 is 0 Å². The summed E-state index contributed by atoms with van der Waals surface area (Å²) in [5, 5.41) is 1.89. The van der Waals surface area contributed by atoms with Gasteiger partial charge in [0.25, 0.3) is 11.8 Å². The van der Waals surface area contributed by atoms with Crippen LogP contribution >= 0.6 is 11.8 Å². The summed E-state index contributed by atoms with van der Waals surface area (Å²) in [4.78, 5) is 75.3. The van der Waals surface area contributed by atoms with Crippen molar-refractivity contribution in [2.45, 2.75) is 44.6 Å². The average Bonchev–Trinajstić information content (AvgIpc) is 3.39. The SMILES string of the molecule is CCOC(=O)C(C(=O)NC1C(=O)N2C(C(=O)OCOC(=O)CC)=C(COC(C)=O)CSC12)n1cccc1. The molecule has 200 valence electrons. The van der Waals surface area contributed by atoms with E-state index in [1.165, 1.54) is 35.6 Å². The second-order valence-electron chi connectivity index (χ2n) is 7.83. The lowest BCUT2D eigenvalue weighted by Crippen LogP contribution is -2.71. The van der Waals surface area contributed by atoms with E-state index in [0.29, 0.717) is 5.57 Å². The van der Waals surface area contributed by atoms with Crippen molar-refractivity contribution in [3.8, 4) is 0 Å². The van der Waals surface area contributed by atoms with Crippen LogP contribution in [0.4, 0.5) is 0 Å². The van der Waals surface area contributed by atoms with Crippen molar-refractivity contribution in [1.29, 1.82) is 0 Å². The minimum atomic E-state index is -1.35. The Labute approximate surface area is 216 Å². The molecule has 1 aromatic heterocycles. The highest BCUT2D eigenvalue weighted by Gasteiger charge is 2.55. The van der Waals surface area contributed by atoms with Crippen LogP contribution in [0, 0.1) is 0 Å². The van der Waals surface area contributed by atoms with Crippen LogP contribution < -0.4 is 5.32 Å². The van der Waals surface area contributed by atoms with Gasteiger partial charge in [-0.05, 0) is 19.1 Å². The Morgan fingerprint density at radius 3 is 2.41 bits per heavy atom. The quantitative estimate of drug-likeness (QED) is 0.136. The molecule has 0 aromatic carbocycles. The Morgan fingerprint density at radius 1 is 1.08 bits per heavy atom. The molecule has 3 rings (SSSR count). The van der Waals surface area contributed by atoms with Gasteiger partial charge in [0.1, 0.15) is 23.7 Å². The van der Waals surface area contributed by atoms with Gasteiger partial charge in [0.2, 0.25) is 12.8 Å². The molecule has 14 heteroatoms. The van der Waals surface area contributed by atoms with Gasteiger partial charge in [0, 0.05) is 37.1 Å². The molecule has 0 radical (unpaired) electrons. The number of esters is 4. The molecule has 2 aliphatic rings. The highest BCUT2D eigenvalue weighted by molar-refractivity contribution is 8.00. The van der Waals surface area contributed by atoms with Gasteiger partial charge in [0.05, 0.1) is 6.61 Å². The number of fused-ring (bicyclic) bond motifs is 1. The molecule has 0 saturated carbocycles. The van der Waals surface area contributed by atoms with E-state index in [1.54, 1.807) is 26.0 Å². The summed E-state index contributed by atoms with van der Waals surface area (Å²) in [6, 6.07) is 0.884. The monoisotopic (exact) mass is 537 g/mol. The normalized spacial score (nSPS) is 19.2. The van der Waals surface area contributed by atoms with Crippen LogP contribution in [0.5, 0.6) is 0 Å². The zero-order chi connectivity index (χ0) is 27.1. The van der Waals surface area contributed by atoms with Gasteiger partial charge in [-0.2, -0.15) is 0 Å². The molecule has 3 atom stereocenters. The maximum Gasteiger partial charge on any atom is 0.358 e. The predicted molar refractivity (Wildman–Crippen MR) is 126 cm³/mol. The maximum absolute atomic E-state index is 13.1. The molecule has 1 fully saturated rings. The molecular weight excluding hydrogens is 510 g/mol. The first-order chi connectivity index (χ1) is 17.7. The van der Waals surface area contributed by atoms with Crippen molar-refractivity contribution >= 4 is 47.5 Å². The smallest absolute Gasteiger partial charge is 0.358 e. The summed E-state index contributed by atoms with van der Waals surface area (Å²) in [6.45, 7) is 3.53. The molecule has 3 heterocycles. The second-order valence-corrected chi connectivity index (χ2v) is 8.94. The van der Waals surface area contributed by atoms with Gasteiger partial charge in [-0.25, -0.2) is 9.59 Å². The fourth-order valence-corrected chi connectivity index (χ4v) is 4.96. The standard InChI is InChI=1S/C23H27N3O10S/c1-4-15(28)35-12-36-22(31)17-14(10-34-13(3)27)11-37-21-16(20(30)26(17)21)24-19(29)18(23(32)33-5-2)25-8-6-7-9-25/h6-9,16,18,21H,4-5,10-12H2,1-3H3,(H,24,29). The lowest BCUT2D eigenvalue weighted by Gasteiger charge is -2.49. The number of carbonyl (C=O) groups excluding carboxylic acids is 6. The maximum atomic E-state index is 13.1. The average molecular weight is 538 g/mol. The topological polar surface area (TPSA) is 160 Å². The number of hydrogen-bond acceptors (Lipinski definition) is 11. The molecule has 1 N–H and O–H groups in total. The number of β-lactam (4-membered cyclic amide) rings is 1. The summed E-state index contributed by atoms with van der Waals surface area (Å²) in [5.41, 5.74) is 0.165. The highest BCUT2D eigenvalue weighted by Crippen LogP contribution is 2.41. The molecule has 2 amide bonds. The zero-order valence-corrected chi connectivity index (χ0v) is 21.3. The van der Waals surface area contributed by atoms with Crippen molar-refractivity contribution < 1.29 is 47.7 Å². The zero-order valence-electron chi connectivity index (χ0n) is 20.5. The van der Waals surface area contributed by atoms with Crippen LogP contribution in [-0.4, -0.2) is 82.3 Å². The Kier molecular flexibility index (Phi) is 9.33. The van der Waals surface area contributed by atoms with Crippen LogP contribution in [0.1, 0.15) is 33.2 Å². The van der Waals surface area contributed by atoms with E-state index in [0.717, 1.165) is 4.90 Å². The van der Waals surface area contributed by atoms with Gasteiger partial charge in [-0.15, -0.1) is 11.8 Å². The largest absolute Gasteiger partial charge is 0.464 e. The van der Waals surface area contributed by atoms with Crippen molar-refractivity contribution in [1.82, 2.24) is 14.8 Å². The van der Waals surface area contributed by atoms with Crippen LogP contribution in [0.15, 0.2) is 35.8 Å². The molecule has 2 aliphatic heterocycles. The third-order valence-corrected chi connectivity index (χ3v) is 6.71. The van der Waals surface area contributed by atoms with Gasteiger partial charge >= 0.3 is 23.9 Å². The van der Waals surface area contributed by atoms with Gasteiger partial charge in [-0.3, -0.25) is 24.1 Å². The molecule has 1 aromatic rings. The highest BCUT2D eigenvalue weighted by atomic mass is 32.2. The number of carbonyl (C=O) groups is 6. The lowest BCUT2D eigenvalue weighted by atomic mass is 10.0. The van der Waals surface area contributed by atoms with Crippen molar-refractivity contribution in [3.05, 3.63) is 35.8 Å². The van der Waals surface area contributed by atoms with E-state index in [2.05, 4.69) is 5.32 Å². The Bertz CT molecular complexity index is 1100. The summed E-state index contributed by atoms with van der Waals surface area (Å²) in [6.07, 6.45) is 3.13. The van der Waals surface area contributed by atoms with Crippen LogP contribution in [0.3, 0.4) is 0 Å². The number of ether oxygens (including phenoxy) is 4. The molecule has 0 bridgehead atoms. The number of hydrogen-bond donors (Lipinski definition) is 1. The molecule has 0 spiro atoms. The second kappa shape index (κ2) is 12.4. The first-order valence-corrected chi connectivity index (χ1v) is 12.5. The summed E-state index contributed by atoms with van der Waals surface area (Å²) < 4.78 is 21.2. The Hall–Kier alpha value is -3.81. The molecule has 1 saturated heterocycles. The lowest BCUT2D eigenvalue weighted by molar-refractivity contribution is -0.168. The van der Waals surface area contributed by atoms with Crippen molar-refractivity contribution in [2.24, 2.45) is 0 Å². The number of amides is 2. The van der Waals surface area contributed by atoms with Gasteiger partial charge in [-0.1, -0.05) is 6.92 Å². The van der Waals surface area contributed by atoms with E-state index < -0.39 is 59.9 Å². The van der Waals surface area contributed by atoms with Gasteiger partial charge in [0.15, 0.2) is 0 Å². The van der Waals surface area contributed by atoms with Gasteiger partial charge < -0.3 is 28.8 Å². The van der Waals surface area contributed by atoms with E-state index in [-0.39, 0.29) is 31.1 Å². The van der Waals surface area contributed by atoms with Crippen molar-refractivity contribution in [2.75, 3.05) is 25.8 Å². The number of nitrogens with zero attached hydrogens (tertiary/aromatic N) is 2. The van der Waals surface area contributed by atoms with E-state index in [1.807, 2.05) is 0 Å². The number of nitrogens with one attached hydrogen (secondary N) is 1. The van der Waals surface area contributed by atoms with Crippen molar-refractivity contribution in [3.63, 3.8) is 0 Å². The minimum absolute atomic E-state index is 0.0629. The predicted octanol–water partition coefficient (Wildman–Crippen LogP) is 0.263. The Balaban J connectivity index is 1.77. The molecule has 13 nitrogen and oxygen atoms in total. The molecule has 0 aliphatic carbocycles. The third kappa shape index (κ3) is 6.31. The first kappa shape index (κ1) is 27.8. The van der Waals surface area contributed by atoms with E-state index in [4.69, 9.17) is 18.9 Å². The van der Waals surface area contributed by atoms with E-state index in [9.17, 15) is 28.8 Å². The third-order valence-electron chi connectivity index (χ3n) is 5.37.